The largest absolute Gasteiger partial charge is 0.461 e. The molecule has 0 heterocycles. The summed E-state index contributed by atoms with van der Waals surface area (Å²) in [6.07, 6.45) is -8.99. The zero-order chi connectivity index (χ0) is 41.0. The summed E-state index contributed by atoms with van der Waals surface area (Å²) in [5.41, 5.74) is -8.11. The number of aliphatic hydroxyl groups is 1. The van der Waals surface area contributed by atoms with Crippen LogP contribution in [-0.4, -0.2) is 101 Å². The fourth-order valence-corrected chi connectivity index (χ4v) is 10.2. The summed E-state index contributed by atoms with van der Waals surface area (Å²) in [6.45, 7) is 10.6. The van der Waals surface area contributed by atoms with E-state index in [4.69, 9.17) is 33.2 Å². The molecule has 0 spiro atoms. The first-order valence-corrected chi connectivity index (χ1v) is 18.1. The van der Waals surface area contributed by atoms with E-state index in [2.05, 4.69) is 0 Å². The second-order valence-electron chi connectivity index (χ2n) is 16.0. The van der Waals surface area contributed by atoms with Gasteiger partial charge in [0.25, 0.3) is 0 Å². The molecule has 300 valence electrons. The van der Waals surface area contributed by atoms with E-state index in [1.807, 2.05) is 0 Å². The van der Waals surface area contributed by atoms with Crippen LogP contribution in [0.5, 0.6) is 0 Å². The Balaban J connectivity index is 1.90. The fourth-order valence-electron chi connectivity index (χ4n) is 10.2. The van der Waals surface area contributed by atoms with Crippen LogP contribution < -0.4 is 0 Å². The summed E-state index contributed by atoms with van der Waals surface area (Å²) in [6, 6.07) is 7.90. The van der Waals surface area contributed by atoms with Gasteiger partial charge in [-0.25, -0.2) is 9.59 Å². The molecule has 2 bridgehead atoms. The lowest BCUT2D eigenvalue weighted by Crippen LogP contribution is -2.72. The normalized spacial score (nSPS) is 36.8. The molecule has 1 aromatic rings. The second-order valence-corrected chi connectivity index (χ2v) is 16.0. The molecular weight excluding hydrogens is 724 g/mol. The molecule has 4 fully saturated rings. The van der Waals surface area contributed by atoms with Crippen LogP contribution in [0.1, 0.15) is 85.5 Å². The Morgan fingerprint density at radius 3 is 1.80 bits per heavy atom. The minimum atomic E-state index is -2.43. The zero-order valence-electron chi connectivity index (χ0n) is 32.3. The molecule has 12 atom stereocenters. The Kier molecular flexibility index (Phi) is 11.0. The average Bonchev–Trinajstić information content (AvgIpc) is 3.42. The summed E-state index contributed by atoms with van der Waals surface area (Å²) in [4.78, 5) is 107. The quantitative estimate of drug-likeness (QED) is 0.281. The van der Waals surface area contributed by atoms with E-state index in [0.717, 1.165) is 34.6 Å². The van der Waals surface area contributed by atoms with Crippen LogP contribution in [-0.2, 0) is 66.7 Å². The minimum absolute atomic E-state index is 0.136. The Bertz CT molecular complexity index is 1770. The summed E-state index contributed by atoms with van der Waals surface area (Å²) >= 11 is 0. The third-order valence-electron chi connectivity index (χ3n) is 11.8. The molecule has 16 heteroatoms. The van der Waals surface area contributed by atoms with Gasteiger partial charge >= 0.3 is 41.8 Å². The Morgan fingerprint density at radius 1 is 0.709 bits per heavy atom. The molecule has 1 aromatic carbocycles. The Labute approximate surface area is 317 Å². The van der Waals surface area contributed by atoms with Crippen LogP contribution in [0.2, 0.25) is 0 Å². The topological polar surface area (TPSA) is 221 Å². The van der Waals surface area contributed by atoms with Gasteiger partial charge in [0.1, 0.15) is 29.7 Å². The van der Waals surface area contributed by atoms with Gasteiger partial charge in [0.15, 0.2) is 24.4 Å². The van der Waals surface area contributed by atoms with Crippen LogP contribution >= 0.6 is 0 Å². The Hall–Kier alpha value is -4.86. The standard InChI is InChI=1S/C39H48O16/c1-18-15-38(48)28(29(18)54-33(47)24-13-11-10-12-14-24)32(51-21(4)42)39(55-26(45)17-49-19(2)40)16-25-27(31(50-20(3)41)36(7,8)30(25)46)37(9,34(38)52-22(5)43)35(39)53-23(6)44/h10-14,18,25,27-29,31-32,34-35,48H,15-17H2,1-9H3. The lowest BCUT2D eigenvalue weighted by Gasteiger charge is -2.58. The molecule has 12 unspecified atom stereocenters. The van der Waals surface area contributed by atoms with Gasteiger partial charge in [-0.2, -0.15) is 0 Å². The smallest absolute Gasteiger partial charge is 0.345 e. The Morgan fingerprint density at radius 2 is 1.25 bits per heavy atom. The van der Waals surface area contributed by atoms with Gasteiger partial charge in [0.05, 0.1) is 22.3 Å². The number of hydrogen-bond acceptors (Lipinski definition) is 16. The summed E-state index contributed by atoms with van der Waals surface area (Å²) in [5, 5.41) is 13.4. The number of hydrogen-bond donors (Lipinski definition) is 1. The number of carbonyl (C=O) groups excluding carboxylic acids is 8. The van der Waals surface area contributed by atoms with Crippen LogP contribution in [0.15, 0.2) is 30.3 Å². The van der Waals surface area contributed by atoms with Gasteiger partial charge in [-0.3, -0.25) is 28.8 Å². The highest BCUT2D eigenvalue weighted by molar-refractivity contribution is 5.91. The predicted molar refractivity (Wildman–Crippen MR) is 184 cm³/mol. The summed E-state index contributed by atoms with van der Waals surface area (Å²) in [5.74, 6) is -11.8. The van der Waals surface area contributed by atoms with E-state index in [9.17, 15) is 43.5 Å². The molecule has 0 amide bonds. The van der Waals surface area contributed by atoms with E-state index in [0.29, 0.717) is 0 Å². The first-order valence-electron chi connectivity index (χ1n) is 18.1. The van der Waals surface area contributed by atoms with Crippen molar-refractivity contribution in [3.63, 3.8) is 0 Å². The fraction of sp³-hybridized carbons (Fsp3) is 0.641. The highest BCUT2D eigenvalue weighted by atomic mass is 16.6. The number of benzene rings is 1. The third-order valence-corrected chi connectivity index (χ3v) is 11.8. The lowest BCUT2D eigenvalue weighted by atomic mass is 9.53. The van der Waals surface area contributed by atoms with Crippen molar-refractivity contribution in [3.8, 4) is 0 Å². The maximum atomic E-state index is 14.7. The van der Waals surface area contributed by atoms with Crippen molar-refractivity contribution in [2.45, 2.75) is 117 Å². The lowest BCUT2D eigenvalue weighted by molar-refractivity contribution is -0.277. The number of fused-ring (bicyclic) bond motifs is 5. The van der Waals surface area contributed by atoms with Crippen molar-refractivity contribution in [1.29, 1.82) is 0 Å². The van der Waals surface area contributed by atoms with E-state index < -0.39 is 137 Å². The van der Waals surface area contributed by atoms with Crippen LogP contribution in [0.3, 0.4) is 0 Å². The molecule has 0 radical (unpaired) electrons. The first-order chi connectivity index (χ1) is 25.5. The van der Waals surface area contributed by atoms with Gasteiger partial charge < -0.3 is 38.3 Å². The molecule has 4 aliphatic rings. The third kappa shape index (κ3) is 6.97. The molecule has 16 nitrogen and oxygen atoms in total. The molecule has 0 aromatic heterocycles. The highest BCUT2D eigenvalue weighted by Gasteiger charge is 2.84. The van der Waals surface area contributed by atoms with E-state index >= 15 is 0 Å². The van der Waals surface area contributed by atoms with Crippen molar-refractivity contribution >= 4 is 47.6 Å². The maximum absolute atomic E-state index is 14.7. The SMILES string of the molecule is CC(=O)OCC(=O)OC12CC3C(=O)C(C)(C)C(OC(C)=O)C3C(C)(C(OC(C)=O)C3(O)CC(C)C(OC(=O)c4ccccc4)C3C1OC(C)=O)C2OC(C)=O. The van der Waals surface area contributed by atoms with E-state index in [-0.39, 0.29) is 12.0 Å². The highest BCUT2D eigenvalue weighted by Crippen LogP contribution is 2.69. The van der Waals surface area contributed by atoms with Crippen LogP contribution in [0, 0.1) is 34.5 Å². The number of ketones is 1. The molecule has 0 aliphatic heterocycles. The van der Waals surface area contributed by atoms with Crippen molar-refractivity contribution in [1.82, 2.24) is 0 Å². The molecule has 5 rings (SSSR count). The molecule has 1 N–H and O–H groups in total. The molecule has 4 aliphatic carbocycles. The average molecular weight is 773 g/mol. The molecule has 55 heavy (non-hydrogen) atoms. The van der Waals surface area contributed by atoms with Crippen molar-refractivity contribution < 1.29 is 76.6 Å². The van der Waals surface area contributed by atoms with Crippen LogP contribution in [0.4, 0.5) is 0 Å². The number of Topliss-reactive ketones (excluding diaryl/α,β-unsaturated/α-hetero) is 1. The van der Waals surface area contributed by atoms with Crippen molar-refractivity contribution in [3.05, 3.63) is 35.9 Å². The maximum Gasteiger partial charge on any atom is 0.345 e. The molecular formula is C39H48O16. The molecule has 4 saturated carbocycles. The predicted octanol–water partition coefficient (Wildman–Crippen LogP) is 2.44. The summed E-state index contributed by atoms with van der Waals surface area (Å²) < 4.78 is 41.5. The number of carbonyl (C=O) groups is 8. The van der Waals surface area contributed by atoms with Crippen molar-refractivity contribution in [2.75, 3.05) is 6.61 Å². The van der Waals surface area contributed by atoms with Crippen molar-refractivity contribution in [2.24, 2.45) is 34.5 Å². The number of ether oxygens (including phenoxy) is 7. The van der Waals surface area contributed by atoms with Gasteiger partial charge in [-0.05, 0) is 38.3 Å². The van der Waals surface area contributed by atoms with E-state index in [1.54, 1.807) is 39.0 Å². The number of esters is 7. The van der Waals surface area contributed by atoms with Gasteiger partial charge in [0.2, 0.25) is 0 Å². The first kappa shape index (κ1) is 41.3. The van der Waals surface area contributed by atoms with Gasteiger partial charge in [-0.15, -0.1) is 0 Å². The van der Waals surface area contributed by atoms with Gasteiger partial charge in [-0.1, -0.05) is 32.0 Å². The number of rotatable bonds is 9. The monoisotopic (exact) mass is 772 g/mol. The van der Waals surface area contributed by atoms with Crippen LogP contribution in [0.25, 0.3) is 0 Å². The zero-order valence-corrected chi connectivity index (χ0v) is 32.3. The molecule has 0 saturated heterocycles. The minimum Gasteiger partial charge on any atom is -0.461 e. The van der Waals surface area contributed by atoms with Gasteiger partial charge in [0, 0.05) is 52.9 Å². The summed E-state index contributed by atoms with van der Waals surface area (Å²) in [7, 11) is 0. The second kappa shape index (κ2) is 14.7. The van der Waals surface area contributed by atoms with E-state index in [1.165, 1.54) is 19.1 Å².